The Morgan fingerprint density at radius 2 is 2.05 bits per heavy atom. The van der Waals surface area contributed by atoms with E-state index >= 15 is 0 Å². The molecule has 4 nitrogen and oxygen atoms in total. The number of benzene rings is 1. The van der Waals surface area contributed by atoms with Crippen molar-refractivity contribution >= 4 is 5.82 Å². The lowest BCUT2D eigenvalue weighted by Gasteiger charge is -2.15. The number of nitrogens with zero attached hydrogens (tertiary/aromatic N) is 1. The average Bonchev–Trinajstić information content (AvgIpc) is 2.53. The van der Waals surface area contributed by atoms with Crippen LogP contribution in [0.3, 0.4) is 0 Å². The van der Waals surface area contributed by atoms with Crippen LogP contribution in [0.25, 0.3) is 0 Å². The number of pyridine rings is 1. The molecule has 0 aliphatic carbocycles. The third-order valence-corrected chi connectivity index (χ3v) is 3.43. The molecule has 0 saturated carbocycles. The fourth-order valence-electron chi connectivity index (χ4n) is 2.00. The van der Waals surface area contributed by atoms with Crippen molar-refractivity contribution in [1.29, 1.82) is 0 Å². The van der Waals surface area contributed by atoms with E-state index in [1.165, 1.54) is 5.56 Å². The van der Waals surface area contributed by atoms with Gasteiger partial charge in [0.1, 0.15) is 18.2 Å². The van der Waals surface area contributed by atoms with Crippen LogP contribution < -0.4 is 16.0 Å². The molecule has 2 rings (SSSR count). The molecular formula is C16H21N3O. The minimum atomic E-state index is 0.494. The number of hydrogen-bond donors (Lipinski definition) is 2. The fraction of sp³-hybridized carbons (Fsp3) is 0.312. The highest BCUT2D eigenvalue weighted by atomic mass is 16.5. The number of para-hydroxylation sites is 1. The van der Waals surface area contributed by atoms with Crippen LogP contribution in [0, 0.1) is 0 Å². The summed E-state index contributed by atoms with van der Waals surface area (Å²) in [6, 6.07) is 12.0. The van der Waals surface area contributed by atoms with Gasteiger partial charge in [-0.05, 0) is 30.0 Å². The van der Waals surface area contributed by atoms with Crippen LogP contribution >= 0.6 is 0 Å². The summed E-state index contributed by atoms with van der Waals surface area (Å²) in [5, 5.41) is 0. The quantitative estimate of drug-likeness (QED) is 0.624. The SMILES string of the molecule is CCC(C)c1ccccc1OCc1ccc(NN)nc1. The van der Waals surface area contributed by atoms with Gasteiger partial charge in [0.05, 0.1) is 0 Å². The molecule has 1 heterocycles. The van der Waals surface area contributed by atoms with Crippen molar-refractivity contribution in [2.24, 2.45) is 5.84 Å². The molecule has 106 valence electrons. The molecule has 0 aliphatic heterocycles. The zero-order valence-corrected chi connectivity index (χ0v) is 12.0. The van der Waals surface area contributed by atoms with E-state index in [2.05, 4.69) is 36.4 Å². The summed E-state index contributed by atoms with van der Waals surface area (Å²) in [4.78, 5) is 4.17. The minimum absolute atomic E-state index is 0.494. The number of aromatic nitrogens is 1. The molecule has 0 amide bonds. The molecule has 0 radical (unpaired) electrons. The lowest BCUT2D eigenvalue weighted by molar-refractivity contribution is 0.300. The predicted molar refractivity (Wildman–Crippen MR) is 81.5 cm³/mol. The second kappa shape index (κ2) is 6.91. The summed E-state index contributed by atoms with van der Waals surface area (Å²) in [5.41, 5.74) is 4.78. The van der Waals surface area contributed by atoms with Gasteiger partial charge in [0.15, 0.2) is 0 Å². The molecule has 1 aromatic heterocycles. The first-order valence-corrected chi connectivity index (χ1v) is 6.87. The van der Waals surface area contributed by atoms with E-state index < -0.39 is 0 Å². The summed E-state index contributed by atoms with van der Waals surface area (Å²) in [5.74, 6) is 7.38. The first kappa shape index (κ1) is 14.3. The van der Waals surface area contributed by atoms with Crippen LogP contribution in [0.1, 0.15) is 37.3 Å². The van der Waals surface area contributed by atoms with Gasteiger partial charge in [0.25, 0.3) is 0 Å². The largest absolute Gasteiger partial charge is 0.489 e. The normalized spacial score (nSPS) is 11.9. The van der Waals surface area contributed by atoms with Gasteiger partial charge in [-0.3, -0.25) is 0 Å². The number of anilines is 1. The number of rotatable bonds is 6. The van der Waals surface area contributed by atoms with Crippen LogP contribution in [0.4, 0.5) is 5.82 Å². The van der Waals surface area contributed by atoms with Crippen LogP contribution in [0.15, 0.2) is 42.6 Å². The molecule has 0 aliphatic rings. The fourth-order valence-corrected chi connectivity index (χ4v) is 2.00. The summed E-state index contributed by atoms with van der Waals surface area (Å²) >= 11 is 0. The first-order chi connectivity index (χ1) is 9.74. The standard InChI is InChI=1S/C16H21N3O/c1-3-12(2)14-6-4-5-7-15(14)20-11-13-8-9-16(19-17)18-10-13/h4-10,12H,3,11,17H2,1-2H3,(H,18,19). The van der Waals surface area contributed by atoms with Crippen molar-refractivity contribution in [1.82, 2.24) is 4.98 Å². The second-order valence-electron chi connectivity index (χ2n) is 4.83. The van der Waals surface area contributed by atoms with Crippen molar-refractivity contribution in [3.63, 3.8) is 0 Å². The second-order valence-corrected chi connectivity index (χ2v) is 4.83. The monoisotopic (exact) mass is 271 g/mol. The maximum absolute atomic E-state index is 5.93. The van der Waals surface area contributed by atoms with Gasteiger partial charge in [0.2, 0.25) is 0 Å². The van der Waals surface area contributed by atoms with Gasteiger partial charge in [-0.2, -0.15) is 0 Å². The van der Waals surface area contributed by atoms with Crippen molar-refractivity contribution in [2.75, 3.05) is 5.43 Å². The summed E-state index contributed by atoms with van der Waals surface area (Å²) in [6.45, 7) is 4.90. The highest BCUT2D eigenvalue weighted by Crippen LogP contribution is 2.28. The lowest BCUT2D eigenvalue weighted by atomic mass is 9.98. The van der Waals surface area contributed by atoms with E-state index in [1.54, 1.807) is 6.20 Å². The topological polar surface area (TPSA) is 60.2 Å². The highest BCUT2D eigenvalue weighted by molar-refractivity contribution is 5.37. The van der Waals surface area contributed by atoms with Gasteiger partial charge < -0.3 is 10.2 Å². The zero-order valence-electron chi connectivity index (χ0n) is 12.0. The van der Waals surface area contributed by atoms with Gasteiger partial charge >= 0.3 is 0 Å². The Morgan fingerprint density at radius 3 is 2.70 bits per heavy atom. The third kappa shape index (κ3) is 3.48. The molecule has 2 aromatic rings. The number of hydrogen-bond acceptors (Lipinski definition) is 4. The Labute approximate surface area is 120 Å². The maximum Gasteiger partial charge on any atom is 0.139 e. The molecule has 20 heavy (non-hydrogen) atoms. The minimum Gasteiger partial charge on any atom is -0.489 e. The van der Waals surface area contributed by atoms with Gasteiger partial charge in [0, 0.05) is 11.8 Å². The van der Waals surface area contributed by atoms with E-state index in [4.69, 9.17) is 10.6 Å². The third-order valence-electron chi connectivity index (χ3n) is 3.43. The predicted octanol–water partition coefficient (Wildman–Crippen LogP) is 3.46. The van der Waals surface area contributed by atoms with Gasteiger partial charge in [-0.15, -0.1) is 0 Å². The molecule has 0 bridgehead atoms. The van der Waals surface area contributed by atoms with Crippen molar-refractivity contribution < 1.29 is 4.74 Å². The summed E-state index contributed by atoms with van der Waals surface area (Å²) in [6.07, 6.45) is 2.86. The highest BCUT2D eigenvalue weighted by Gasteiger charge is 2.09. The Kier molecular flexibility index (Phi) is 4.96. The maximum atomic E-state index is 5.93. The van der Waals surface area contributed by atoms with Crippen LogP contribution in [-0.4, -0.2) is 4.98 Å². The molecule has 0 fully saturated rings. The van der Waals surface area contributed by atoms with E-state index in [0.29, 0.717) is 18.3 Å². The Hall–Kier alpha value is -2.07. The van der Waals surface area contributed by atoms with Crippen molar-refractivity contribution in [3.8, 4) is 5.75 Å². The van der Waals surface area contributed by atoms with E-state index in [1.807, 2.05) is 24.3 Å². The Bertz CT molecular complexity index is 540. The molecule has 3 N–H and O–H groups in total. The van der Waals surface area contributed by atoms with Crippen LogP contribution in [-0.2, 0) is 6.61 Å². The number of nitrogens with one attached hydrogen (secondary N) is 1. The molecule has 1 unspecified atom stereocenters. The Balaban J connectivity index is 2.06. The van der Waals surface area contributed by atoms with Crippen molar-refractivity contribution in [2.45, 2.75) is 32.8 Å². The summed E-state index contributed by atoms with van der Waals surface area (Å²) < 4.78 is 5.93. The van der Waals surface area contributed by atoms with Gasteiger partial charge in [-0.1, -0.05) is 38.1 Å². The molecule has 1 aromatic carbocycles. The molecule has 1 atom stereocenters. The number of nitrogens with two attached hydrogens (primary N) is 1. The lowest BCUT2D eigenvalue weighted by Crippen LogP contribution is -2.08. The molecule has 0 saturated heterocycles. The van der Waals surface area contributed by atoms with Crippen LogP contribution in [0.5, 0.6) is 5.75 Å². The summed E-state index contributed by atoms with van der Waals surface area (Å²) in [7, 11) is 0. The molecule has 0 spiro atoms. The number of ether oxygens (including phenoxy) is 1. The van der Waals surface area contributed by atoms with Gasteiger partial charge in [-0.25, -0.2) is 10.8 Å². The molecular weight excluding hydrogens is 250 g/mol. The average molecular weight is 271 g/mol. The number of hydrazine groups is 1. The zero-order chi connectivity index (χ0) is 14.4. The smallest absolute Gasteiger partial charge is 0.139 e. The van der Waals surface area contributed by atoms with Crippen LogP contribution in [0.2, 0.25) is 0 Å². The molecule has 4 heteroatoms. The first-order valence-electron chi connectivity index (χ1n) is 6.87. The van der Waals surface area contributed by atoms with E-state index in [9.17, 15) is 0 Å². The Morgan fingerprint density at radius 1 is 1.25 bits per heavy atom. The number of nitrogen functional groups attached to an aromatic ring is 1. The van der Waals surface area contributed by atoms with Crippen molar-refractivity contribution in [3.05, 3.63) is 53.7 Å². The van der Waals surface area contributed by atoms with E-state index in [0.717, 1.165) is 17.7 Å². The van der Waals surface area contributed by atoms with E-state index in [-0.39, 0.29) is 0 Å².